The number of alkyl carbamates (subject to hydrolysis) is 1. The summed E-state index contributed by atoms with van der Waals surface area (Å²) in [4.78, 5) is 11.9. The second-order valence-corrected chi connectivity index (χ2v) is 10.1. The summed E-state index contributed by atoms with van der Waals surface area (Å²) in [7, 11) is -3.32. The first-order valence-electron chi connectivity index (χ1n) is 9.58. The summed E-state index contributed by atoms with van der Waals surface area (Å²) in [5.41, 5.74) is -0.550. The SMILES string of the molecule is CC(C)(C)OC(=O)NCCOc1cccc(S(=O)(=O)CC2CCCCC2)c1. The highest BCUT2D eigenvalue weighted by molar-refractivity contribution is 7.91. The molecule has 1 aromatic carbocycles. The minimum atomic E-state index is -3.32. The maximum Gasteiger partial charge on any atom is 0.407 e. The topological polar surface area (TPSA) is 81.7 Å². The zero-order chi connectivity index (χ0) is 19.9. The molecule has 0 saturated heterocycles. The Hall–Kier alpha value is -1.76. The largest absolute Gasteiger partial charge is 0.492 e. The predicted octanol–water partition coefficient (Wildman–Crippen LogP) is 3.94. The van der Waals surface area contributed by atoms with E-state index < -0.39 is 21.5 Å². The Morgan fingerprint density at radius 2 is 1.89 bits per heavy atom. The van der Waals surface area contributed by atoms with Gasteiger partial charge in [-0.15, -0.1) is 0 Å². The monoisotopic (exact) mass is 397 g/mol. The molecule has 1 saturated carbocycles. The maximum absolute atomic E-state index is 12.7. The molecule has 6 nitrogen and oxygen atoms in total. The summed E-state index contributed by atoms with van der Waals surface area (Å²) >= 11 is 0. The molecule has 0 heterocycles. The van der Waals surface area contributed by atoms with Crippen molar-refractivity contribution in [2.45, 2.75) is 63.4 Å². The van der Waals surface area contributed by atoms with E-state index in [1.54, 1.807) is 45.0 Å². The second-order valence-electron chi connectivity index (χ2n) is 8.04. The van der Waals surface area contributed by atoms with Crippen LogP contribution in [0.1, 0.15) is 52.9 Å². The number of carbonyl (C=O) groups is 1. The van der Waals surface area contributed by atoms with Gasteiger partial charge in [0.2, 0.25) is 0 Å². The Labute approximate surface area is 162 Å². The number of sulfone groups is 1. The average molecular weight is 398 g/mol. The molecule has 1 N–H and O–H groups in total. The Bertz CT molecular complexity index is 718. The molecule has 0 spiro atoms. The molecule has 7 heteroatoms. The van der Waals surface area contributed by atoms with Gasteiger partial charge in [0.25, 0.3) is 0 Å². The lowest BCUT2D eigenvalue weighted by Crippen LogP contribution is -2.34. The average Bonchev–Trinajstić information content (AvgIpc) is 2.58. The van der Waals surface area contributed by atoms with Crippen LogP contribution in [-0.4, -0.2) is 39.0 Å². The van der Waals surface area contributed by atoms with Crippen LogP contribution in [0.4, 0.5) is 4.79 Å². The minimum Gasteiger partial charge on any atom is -0.492 e. The van der Waals surface area contributed by atoms with Crippen LogP contribution in [0.2, 0.25) is 0 Å². The van der Waals surface area contributed by atoms with Crippen LogP contribution < -0.4 is 10.1 Å². The molecule has 0 aromatic heterocycles. The van der Waals surface area contributed by atoms with E-state index in [1.807, 2.05) is 0 Å². The van der Waals surface area contributed by atoms with E-state index in [4.69, 9.17) is 9.47 Å². The minimum absolute atomic E-state index is 0.205. The Morgan fingerprint density at radius 1 is 1.19 bits per heavy atom. The van der Waals surface area contributed by atoms with E-state index >= 15 is 0 Å². The molecule has 1 aromatic rings. The van der Waals surface area contributed by atoms with Gasteiger partial charge in [-0.3, -0.25) is 0 Å². The summed E-state index contributed by atoms with van der Waals surface area (Å²) in [5.74, 6) is 0.938. The van der Waals surface area contributed by atoms with Gasteiger partial charge in [0.1, 0.15) is 18.0 Å². The molecule has 27 heavy (non-hydrogen) atoms. The quantitative estimate of drug-likeness (QED) is 0.705. The van der Waals surface area contributed by atoms with E-state index in [2.05, 4.69) is 5.32 Å². The van der Waals surface area contributed by atoms with Crippen molar-refractivity contribution in [2.24, 2.45) is 5.92 Å². The number of nitrogens with one attached hydrogen (secondary N) is 1. The summed E-state index contributed by atoms with van der Waals surface area (Å²) in [6, 6.07) is 6.58. The lowest BCUT2D eigenvalue weighted by atomic mass is 9.91. The standard InChI is InChI=1S/C20H31NO5S/c1-20(2,3)26-19(22)21-12-13-25-17-10-7-11-18(14-17)27(23,24)15-16-8-5-4-6-9-16/h7,10-11,14,16H,4-6,8-9,12-13,15H2,1-3H3,(H,21,22). The van der Waals surface area contributed by atoms with Crippen molar-refractivity contribution >= 4 is 15.9 Å². The normalized spacial score (nSPS) is 16.0. The Balaban J connectivity index is 1.84. The number of rotatable bonds is 7. The highest BCUT2D eigenvalue weighted by atomic mass is 32.2. The molecular weight excluding hydrogens is 366 g/mol. The maximum atomic E-state index is 12.7. The fourth-order valence-electron chi connectivity index (χ4n) is 3.15. The third kappa shape index (κ3) is 7.79. The molecular formula is C20H31NO5S. The molecule has 152 valence electrons. The van der Waals surface area contributed by atoms with Gasteiger partial charge in [-0.25, -0.2) is 13.2 Å². The van der Waals surface area contributed by atoms with E-state index in [0.717, 1.165) is 25.7 Å². The van der Waals surface area contributed by atoms with E-state index in [-0.39, 0.29) is 24.8 Å². The summed E-state index contributed by atoms with van der Waals surface area (Å²) in [6.07, 6.45) is 4.92. The summed E-state index contributed by atoms with van der Waals surface area (Å²) in [6.45, 7) is 5.88. The fourth-order valence-corrected chi connectivity index (χ4v) is 4.88. The summed E-state index contributed by atoms with van der Waals surface area (Å²) in [5, 5.41) is 2.60. The summed E-state index contributed by atoms with van der Waals surface area (Å²) < 4.78 is 36.1. The van der Waals surface area contributed by atoms with Crippen LogP contribution >= 0.6 is 0 Å². The van der Waals surface area contributed by atoms with Gasteiger partial charge >= 0.3 is 6.09 Å². The zero-order valence-electron chi connectivity index (χ0n) is 16.5. The van der Waals surface area contributed by atoms with Crippen molar-refractivity contribution in [3.8, 4) is 5.75 Å². The van der Waals surface area contributed by atoms with Crippen LogP contribution in [0.5, 0.6) is 5.75 Å². The predicted molar refractivity (Wildman–Crippen MR) is 105 cm³/mol. The van der Waals surface area contributed by atoms with E-state index in [1.165, 1.54) is 6.42 Å². The molecule has 0 bridgehead atoms. The molecule has 1 aliphatic rings. The van der Waals surface area contributed by atoms with Crippen molar-refractivity contribution in [3.63, 3.8) is 0 Å². The zero-order valence-corrected chi connectivity index (χ0v) is 17.3. The number of benzene rings is 1. The molecule has 0 aliphatic heterocycles. The molecule has 1 fully saturated rings. The third-order valence-electron chi connectivity index (χ3n) is 4.38. The molecule has 0 radical (unpaired) electrons. The lowest BCUT2D eigenvalue weighted by Gasteiger charge is -2.21. The number of carbonyl (C=O) groups excluding carboxylic acids is 1. The van der Waals surface area contributed by atoms with Crippen molar-refractivity contribution in [1.29, 1.82) is 0 Å². The van der Waals surface area contributed by atoms with Crippen LogP contribution in [0.15, 0.2) is 29.2 Å². The molecule has 2 rings (SSSR count). The van der Waals surface area contributed by atoms with Gasteiger partial charge in [0, 0.05) is 0 Å². The van der Waals surface area contributed by atoms with E-state index in [9.17, 15) is 13.2 Å². The Morgan fingerprint density at radius 3 is 2.56 bits per heavy atom. The highest BCUT2D eigenvalue weighted by Gasteiger charge is 2.23. The molecule has 0 atom stereocenters. The van der Waals surface area contributed by atoms with Crippen LogP contribution in [0, 0.1) is 5.92 Å². The van der Waals surface area contributed by atoms with Crippen LogP contribution in [0.3, 0.4) is 0 Å². The van der Waals surface area contributed by atoms with Gasteiger partial charge in [-0.2, -0.15) is 0 Å². The van der Waals surface area contributed by atoms with Gasteiger partial charge in [-0.05, 0) is 57.7 Å². The third-order valence-corrected chi connectivity index (χ3v) is 6.27. The Kier molecular flexibility index (Phi) is 7.53. The van der Waals surface area contributed by atoms with Crippen molar-refractivity contribution in [2.75, 3.05) is 18.9 Å². The second kappa shape index (κ2) is 9.44. The first-order valence-corrected chi connectivity index (χ1v) is 11.2. The fraction of sp³-hybridized carbons (Fsp3) is 0.650. The van der Waals surface area contributed by atoms with Crippen molar-refractivity contribution < 1.29 is 22.7 Å². The van der Waals surface area contributed by atoms with Gasteiger partial charge in [0.15, 0.2) is 9.84 Å². The van der Waals surface area contributed by atoms with Gasteiger partial charge in [0.05, 0.1) is 17.2 Å². The highest BCUT2D eigenvalue weighted by Crippen LogP contribution is 2.28. The molecule has 1 aliphatic carbocycles. The molecule has 1 amide bonds. The van der Waals surface area contributed by atoms with Crippen molar-refractivity contribution in [3.05, 3.63) is 24.3 Å². The van der Waals surface area contributed by atoms with Crippen molar-refractivity contribution in [1.82, 2.24) is 5.32 Å². The van der Waals surface area contributed by atoms with Gasteiger partial charge < -0.3 is 14.8 Å². The molecule has 0 unspecified atom stereocenters. The number of hydrogen-bond acceptors (Lipinski definition) is 5. The first kappa shape index (κ1) is 21.5. The van der Waals surface area contributed by atoms with Gasteiger partial charge in [-0.1, -0.05) is 25.3 Å². The lowest BCUT2D eigenvalue weighted by molar-refractivity contribution is 0.0520. The van der Waals surface area contributed by atoms with E-state index in [0.29, 0.717) is 10.6 Å². The van der Waals surface area contributed by atoms with Crippen LogP contribution in [-0.2, 0) is 14.6 Å². The number of ether oxygens (including phenoxy) is 2. The first-order chi connectivity index (χ1) is 12.7. The number of amides is 1. The smallest absolute Gasteiger partial charge is 0.407 e. The van der Waals surface area contributed by atoms with Crippen LogP contribution in [0.25, 0.3) is 0 Å². The number of hydrogen-bond donors (Lipinski definition) is 1.